The summed E-state index contributed by atoms with van der Waals surface area (Å²) in [6.45, 7) is 0. The van der Waals surface area contributed by atoms with Gasteiger partial charge in [-0.1, -0.05) is 0 Å². The molecule has 0 saturated carbocycles. The topological polar surface area (TPSA) is 25.2 Å². The molecule has 5 heteroatoms. The Kier molecular flexibility index (Phi) is 3.87. The number of aromatic nitrogens is 1. The van der Waals surface area contributed by atoms with Crippen LogP contribution in [-0.4, -0.2) is 32.5 Å². The number of nitrogens with zero attached hydrogens (tertiary/aromatic N) is 2. The van der Waals surface area contributed by atoms with Crippen LogP contribution in [0.5, 0.6) is 0 Å². The summed E-state index contributed by atoms with van der Waals surface area (Å²) >= 11 is 3.48. The molecule has 0 radical (unpaired) electrons. The third kappa shape index (κ3) is 2.27. The van der Waals surface area contributed by atoms with Crippen LogP contribution in [0, 0.1) is 0 Å². The number of likely N-dealkylation sites (N-methyl/N-ethyl adjacent to an activating group) is 1. The molecule has 0 N–H and O–H groups in total. The molecule has 0 spiro atoms. The van der Waals surface area contributed by atoms with Crippen LogP contribution in [-0.2, 0) is 9.23 Å². The van der Waals surface area contributed by atoms with Crippen LogP contribution >= 0.6 is 15.9 Å². The van der Waals surface area contributed by atoms with Crippen molar-refractivity contribution in [1.29, 1.82) is 0 Å². The molecule has 1 unspecified atom stereocenters. The van der Waals surface area contributed by atoms with Gasteiger partial charge in [0.15, 0.2) is 0 Å². The summed E-state index contributed by atoms with van der Waals surface area (Å²) < 4.78 is 3.57. The van der Waals surface area contributed by atoms with E-state index in [1.807, 2.05) is 61.9 Å². The van der Waals surface area contributed by atoms with Crippen molar-refractivity contribution in [2.75, 3.05) is 11.9 Å². The zero-order valence-electron chi connectivity index (χ0n) is 13.0. The van der Waals surface area contributed by atoms with Crippen LogP contribution in [0.3, 0.4) is 0 Å². The van der Waals surface area contributed by atoms with E-state index >= 15 is 0 Å². The van der Waals surface area contributed by atoms with E-state index in [4.69, 9.17) is 0 Å². The number of benzene rings is 2. The van der Waals surface area contributed by atoms with Gasteiger partial charge in [0.2, 0.25) is 0 Å². The number of hydrogen-bond acceptors (Lipinski definition) is 1. The molecule has 2 heterocycles. The zero-order valence-corrected chi connectivity index (χ0v) is 16.3. The van der Waals surface area contributed by atoms with E-state index in [-0.39, 0.29) is 20.9 Å². The van der Waals surface area contributed by atoms with E-state index in [1.54, 1.807) is 4.90 Å². The average molecular weight is 446 g/mol. The number of fused-ring (bicyclic) bond motifs is 1. The predicted molar refractivity (Wildman–Crippen MR) is 101 cm³/mol. The fourth-order valence-electron chi connectivity index (χ4n) is 3.13. The second-order valence-electron chi connectivity index (χ2n) is 5.68. The molecule has 0 fully saturated rings. The fourth-order valence-corrected chi connectivity index (χ4v) is 6.34. The molecular weight excluding hydrogens is 431 g/mol. The first-order valence-corrected chi connectivity index (χ1v) is 10.1. The predicted octanol–water partition coefficient (Wildman–Crippen LogP) is 2.96. The van der Waals surface area contributed by atoms with Crippen molar-refractivity contribution in [3.8, 4) is 0 Å². The standard InChI is InChI=1S/C19H15BrN2OSe/c1-21-17-10-9-14(20)13-16(17)19(18(21)23,22-11-5-6-12-22)24-15-7-3-2-4-8-15/h2-13H,1H3. The maximum atomic E-state index is 13.4. The van der Waals surface area contributed by atoms with Crippen molar-refractivity contribution in [1.82, 2.24) is 4.57 Å². The second kappa shape index (κ2) is 5.92. The molecule has 1 atom stereocenters. The SMILES string of the molecule is CN1C(=O)C([Se]c2ccccc2)(n2cccc2)c2cc(Br)ccc21. The Balaban J connectivity index is 1.98. The van der Waals surface area contributed by atoms with Gasteiger partial charge in [-0.2, -0.15) is 0 Å². The summed E-state index contributed by atoms with van der Waals surface area (Å²) in [5.41, 5.74) is 2.04. The van der Waals surface area contributed by atoms with Gasteiger partial charge in [0.05, 0.1) is 0 Å². The Bertz CT molecular complexity index is 895. The van der Waals surface area contributed by atoms with E-state index in [2.05, 4.69) is 38.7 Å². The minimum atomic E-state index is -0.689. The molecule has 1 aliphatic rings. The molecule has 4 rings (SSSR count). The number of halogens is 1. The van der Waals surface area contributed by atoms with Crippen LogP contribution < -0.4 is 9.36 Å². The Morgan fingerprint density at radius 2 is 1.71 bits per heavy atom. The van der Waals surface area contributed by atoms with Crippen molar-refractivity contribution < 1.29 is 4.79 Å². The average Bonchev–Trinajstić information content (AvgIpc) is 3.19. The van der Waals surface area contributed by atoms with Crippen molar-refractivity contribution in [2.24, 2.45) is 0 Å². The summed E-state index contributed by atoms with van der Waals surface area (Å²) in [5.74, 6) is 0.121. The third-order valence-corrected chi connectivity index (χ3v) is 7.71. The van der Waals surface area contributed by atoms with Gasteiger partial charge in [0.25, 0.3) is 0 Å². The molecule has 0 saturated heterocycles. The van der Waals surface area contributed by atoms with Gasteiger partial charge in [-0.05, 0) is 0 Å². The summed E-state index contributed by atoms with van der Waals surface area (Å²) in [5, 5.41) is 0. The summed E-state index contributed by atoms with van der Waals surface area (Å²) in [7, 11) is 1.86. The quantitative estimate of drug-likeness (QED) is 0.569. The molecule has 1 aliphatic heterocycles. The van der Waals surface area contributed by atoms with Gasteiger partial charge in [0.1, 0.15) is 0 Å². The molecule has 2 aromatic carbocycles. The summed E-state index contributed by atoms with van der Waals surface area (Å²) in [4.78, 5) is 15.2. The van der Waals surface area contributed by atoms with Gasteiger partial charge in [-0.3, -0.25) is 0 Å². The Labute approximate surface area is 155 Å². The first-order chi connectivity index (χ1) is 11.6. The van der Waals surface area contributed by atoms with Crippen LogP contribution in [0.25, 0.3) is 0 Å². The van der Waals surface area contributed by atoms with Crippen molar-refractivity contribution >= 4 is 46.9 Å². The minimum absolute atomic E-state index is 0.0926. The number of anilines is 1. The van der Waals surface area contributed by atoms with E-state index < -0.39 is 4.44 Å². The zero-order chi connectivity index (χ0) is 16.7. The first-order valence-electron chi connectivity index (χ1n) is 7.58. The van der Waals surface area contributed by atoms with Crippen molar-refractivity contribution in [3.63, 3.8) is 0 Å². The van der Waals surface area contributed by atoms with E-state index in [1.165, 1.54) is 4.46 Å². The first kappa shape index (κ1) is 15.7. The van der Waals surface area contributed by atoms with E-state index in [0.717, 1.165) is 15.7 Å². The van der Waals surface area contributed by atoms with Crippen molar-refractivity contribution in [2.45, 2.75) is 4.44 Å². The number of amides is 1. The molecule has 1 aromatic heterocycles. The Morgan fingerprint density at radius 1 is 1.00 bits per heavy atom. The summed E-state index contributed by atoms with van der Waals surface area (Å²) in [6.07, 6.45) is 3.98. The molecule has 1 amide bonds. The van der Waals surface area contributed by atoms with Gasteiger partial charge in [-0.15, -0.1) is 0 Å². The molecule has 3 nitrogen and oxygen atoms in total. The molecule has 0 bridgehead atoms. The summed E-state index contributed by atoms with van der Waals surface area (Å²) in [6, 6.07) is 20.3. The van der Waals surface area contributed by atoms with Crippen LogP contribution in [0.1, 0.15) is 5.56 Å². The molecule has 0 aliphatic carbocycles. The maximum absolute atomic E-state index is 13.4. The number of hydrogen-bond donors (Lipinski definition) is 0. The molecule has 24 heavy (non-hydrogen) atoms. The van der Waals surface area contributed by atoms with Gasteiger partial charge < -0.3 is 0 Å². The molecule has 120 valence electrons. The van der Waals surface area contributed by atoms with E-state index in [0.29, 0.717) is 0 Å². The van der Waals surface area contributed by atoms with Gasteiger partial charge >= 0.3 is 156 Å². The normalized spacial score (nSPS) is 19.6. The van der Waals surface area contributed by atoms with Gasteiger partial charge in [-0.25, -0.2) is 0 Å². The third-order valence-electron chi connectivity index (χ3n) is 4.26. The number of rotatable bonds is 3. The monoisotopic (exact) mass is 446 g/mol. The number of carbonyl (C=O) groups is 1. The molecular formula is C19H15BrN2OSe. The van der Waals surface area contributed by atoms with E-state index in [9.17, 15) is 4.79 Å². The fraction of sp³-hybridized carbons (Fsp3) is 0.105. The Morgan fingerprint density at radius 3 is 2.42 bits per heavy atom. The number of carbonyl (C=O) groups excluding carboxylic acids is 1. The van der Waals surface area contributed by atoms with Crippen LogP contribution in [0.2, 0.25) is 0 Å². The Hall–Kier alpha value is -1.81. The van der Waals surface area contributed by atoms with Crippen molar-refractivity contribution in [3.05, 3.63) is 83.1 Å². The second-order valence-corrected chi connectivity index (χ2v) is 9.25. The molecule has 3 aromatic rings. The van der Waals surface area contributed by atoms with Crippen LogP contribution in [0.15, 0.2) is 77.5 Å². The van der Waals surface area contributed by atoms with Crippen LogP contribution in [0.4, 0.5) is 5.69 Å². The van der Waals surface area contributed by atoms with Gasteiger partial charge in [0, 0.05) is 0 Å².